The van der Waals surface area contributed by atoms with Gasteiger partial charge in [0.05, 0.1) is 17.3 Å². The highest BCUT2D eigenvalue weighted by Gasteiger charge is 2.33. The molecule has 1 saturated heterocycles. The minimum atomic E-state index is -4.42. The van der Waals surface area contributed by atoms with E-state index in [2.05, 4.69) is 15.5 Å². The summed E-state index contributed by atoms with van der Waals surface area (Å²) in [5, 5.41) is 22.8. The molecule has 0 bridgehead atoms. The Morgan fingerprint density at radius 3 is 2.47 bits per heavy atom. The van der Waals surface area contributed by atoms with Crippen molar-refractivity contribution in [1.29, 1.82) is 0 Å². The lowest BCUT2D eigenvalue weighted by molar-refractivity contribution is -0.138. The van der Waals surface area contributed by atoms with Gasteiger partial charge in [0.15, 0.2) is 5.82 Å². The van der Waals surface area contributed by atoms with E-state index in [0.717, 1.165) is 40.9 Å². The Labute approximate surface area is 195 Å². The molecule has 6 nitrogen and oxygen atoms in total. The molecule has 0 aliphatic carbocycles. The first-order chi connectivity index (χ1) is 16.1. The molecule has 0 spiro atoms. The largest absolute Gasteiger partial charge is 0.465 e. The lowest BCUT2D eigenvalue weighted by atomic mass is 9.88. The number of anilines is 1. The highest BCUT2D eigenvalue weighted by Crippen LogP contribution is 2.36. The second-order valence-electron chi connectivity index (χ2n) is 8.87. The number of carboxylic acid groups (broad SMARTS) is 1. The van der Waals surface area contributed by atoms with Gasteiger partial charge in [-0.15, -0.1) is 5.10 Å². The van der Waals surface area contributed by atoms with Gasteiger partial charge >= 0.3 is 12.3 Å². The van der Waals surface area contributed by atoms with E-state index in [-0.39, 0.29) is 11.5 Å². The maximum absolute atomic E-state index is 13.4. The molecule has 4 rings (SSSR count). The highest BCUT2D eigenvalue weighted by molar-refractivity contribution is 5.93. The summed E-state index contributed by atoms with van der Waals surface area (Å²) in [7, 11) is 0. The first-order valence-electron chi connectivity index (χ1n) is 11.2. The van der Waals surface area contributed by atoms with E-state index in [1.165, 1.54) is 17.9 Å². The minimum absolute atomic E-state index is 0.185. The molecule has 9 heteroatoms. The molecule has 0 saturated carbocycles. The number of amides is 1. The van der Waals surface area contributed by atoms with Crippen LogP contribution >= 0.6 is 0 Å². The molecule has 34 heavy (non-hydrogen) atoms. The molecule has 1 atom stereocenters. The summed E-state index contributed by atoms with van der Waals surface area (Å²) in [5.41, 5.74) is 1.94. The number of likely N-dealkylation sites (tertiary alicyclic amines) is 1. The molecule has 1 aromatic heterocycles. The van der Waals surface area contributed by atoms with E-state index in [1.807, 2.05) is 25.1 Å². The summed E-state index contributed by atoms with van der Waals surface area (Å²) in [6.45, 7) is 6.13. The Bertz CT molecular complexity index is 1220. The topological polar surface area (TPSA) is 78.4 Å². The van der Waals surface area contributed by atoms with E-state index in [4.69, 9.17) is 0 Å². The van der Waals surface area contributed by atoms with Crippen LogP contribution in [0.3, 0.4) is 0 Å². The van der Waals surface area contributed by atoms with Crippen LogP contribution in [0.25, 0.3) is 10.8 Å². The number of alkyl halides is 3. The van der Waals surface area contributed by atoms with Gasteiger partial charge in [0.2, 0.25) is 0 Å². The van der Waals surface area contributed by atoms with Gasteiger partial charge in [0.25, 0.3) is 0 Å². The summed E-state index contributed by atoms with van der Waals surface area (Å²) >= 11 is 0. The van der Waals surface area contributed by atoms with E-state index < -0.39 is 23.9 Å². The fourth-order valence-electron chi connectivity index (χ4n) is 4.78. The molecule has 1 amide bonds. The van der Waals surface area contributed by atoms with Crippen LogP contribution in [0.5, 0.6) is 0 Å². The predicted octanol–water partition coefficient (Wildman–Crippen LogP) is 6.30. The van der Waals surface area contributed by atoms with Crippen molar-refractivity contribution >= 4 is 22.7 Å². The number of rotatable bonds is 4. The molecule has 0 radical (unpaired) electrons. The van der Waals surface area contributed by atoms with Gasteiger partial charge in [-0.05, 0) is 68.4 Å². The van der Waals surface area contributed by atoms with Crippen molar-refractivity contribution in [2.45, 2.75) is 51.7 Å². The monoisotopic (exact) mass is 472 g/mol. The number of aromatic nitrogens is 2. The van der Waals surface area contributed by atoms with Gasteiger partial charge in [-0.25, -0.2) is 4.79 Å². The summed E-state index contributed by atoms with van der Waals surface area (Å²) < 4.78 is 40.1. The lowest BCUT2D eigenvalue weighted by Gasteiger charge is -2.30. The van der Waals surface area contributed by atoms with Crippen LogP contribution in [-0.4, -0.2) is 39.4 Å². The quantitative estimate of drug-likeness (QED) is 0.466. The van der Waals surface area contributed by atoms with Crippen LogP contribution in [0.2, 0.25) is 0 Å². The smallest absolute Gasteiger partial charge is 0.416 e. The number of carbonyl (C=O) groups is 1. The van der Waals surface area contributed by atoms with Crippen molar-refractivity contribution in [2.75, 3.05) is 18.4 Å². The second kappa shape index (κ2) is 9.12. The number of halogens is 3. The molecule has 3 aromatic rings. The Morgan fingerprint density at radius 1 is 1.12 bits per heavy atom. The molecule has 1 aliphatic heterocycles. The van der Waals surface area contributed by atoms with Gasteiger partial charge in [-0.1, -0.05) is 24.3 Å². The molecule has 180 valence electrons. The maximum Gasteiger partial charge on any atom is 0.416 e. The number of nitrogens with zero attached hydrogens (tertiary/aromatic N) is 3. The summed E-state index contributed by atoms with van der Waals surface area (Å²) in [4.78, 5) is 12.6. The minimum Gasteiger partial charge on any atom is -0.465 e. The van der Waals surface area contributed by atoms with Crippen LogP contribution in [0.1, 0.15) is 59.7 Å². The van der Waals surface area contributed by atoms with Crippen LogP contribution in [0.15, 0.2) is 36.4 Å². The fourth-order valence-corrected chi connectivity index (χ4v) is 4.78. The average Bonchev–Trinajstić information content (AvgIpc) is 2.80. The molecule has 0 unspecified atom stereocenters. The van der Waals surface area contributed by atoms with Gasteiger partial charge in [-0.2, -0.15) is 18.3 Å². The van der Waals surface area contributed by atoms with Crippen molar-refractivity contribution in [3.63, 3.8) is 0 Å². The van der Waals surface area contributed by atoms with Crippen LogP contribution in [0.4, 0.5) is 23.8 Å². The third-order valence-electron chi connectivity index (χ3n) is 6.73. The van der Waals surface area contributed by atoms with Crippen molar-refractivity contribution in [1.82, 2.24) is 15.1 Å². The Hall–Kier alpha value is -3.36. The van der Waals surface area contributed by atoms with Crippen molar-refractivity contribution in [3.05, 3.63) is 64.3 Å². The Morgan fingerprint density at radius 2 is 1.82 bits per heavy atom. The summed E-state index contributed by atoms with van der Waals surface area (Å²) in [6, 6.07) is 9.86. The molecule has 2 N–H and O–H groups in total. The zero-order valence-electron chi connectivity index (χ0n) is 19.3. The number of fused-ring (bicyclic) bond motifs is 1. The molecule has 2 aromatic carbocycles. The van der Waals surface area contributed by atoms with Crippen LogP contribution in [0, 0.1) is 13.8 Å². The van der Waals surface area contributed by atoms with Crippen molar-refractivity contribution in [3.8, 4) is 0 Å². The third kappa shape index (κ3) is 4.64. The van der Waals surface area contributed by atoms with E-state index in [0.29, 0.717) is 24.5 Å². The molecular formula is C25H27F3N4O2. The van der Waals surface area contributed by atoms with Crippen LogP contribution in [-0.2, 0) is 6.18 Å². The first kappa shape index (κ1) is 23.8. The zero-order valence-corrected chi connectivity index (χ0v) is 19.3. The number of benzene rings is 2. The normalized spacial score (nSPS) is 16.0. The number of hydrogen-bond donors (Lipinski definition) is 2. The number of aryl methyl sites for hydroxylation is 1. The van der Waals surface area contributed by atoms with Crippen LogP contribution < -0.4 is 5.32 Å². The average molecular weight is 473 g/mol. The third-order valence-corrected chi connectivity index (χ3v) is 6.73. The Kier molecular flexibility index (Phi) is 6.38. The number of nitrogens with one attached hydrogen (secondary N) is 1. The highest BCUT2D eigenvalue weighted by atomic mass is 19.4. The Balaban J connectivity index is 1.65. The zero-order chi connectivity index (χ0) is 24.6. The maximum atomic E-state index is 13.4. The van der Waals surface area contributed by atoms with E-state index in [9.17, 15) is 23.1 Å². The van der Waals surface area contributed by atoms with Gasteiger partial charge in [0, 0.05) is 23.9 Å². The van der Waals surface area contributed by atoms with E-state index in [1.54, 1.807) is 13.0 Å². The number of hydrogen-bond acceptors (Lipinski definition) is 4. The molecule has 1 aliphatic rings. The fraction of sp³-hybridized carbons (Fsp3) is 0.400. The number of piperidine rings is 1. The van der Waals surface area contributed by atoms with Gasteiger partial charge in [-0.3, -0.25) is 0 Å². The molecular weight excluding hydrogens is 445 g/mol. The van der Waals surface area contributed by atoms with Crippen molar-refractivity contribution in [2.24, 2.45) is 0 Å². The van der Waals surface area contributed by atoms with Gasteiger partial charge in [0.1, 0.15) is 0 Å². The molecule has 2 heterocycles. The standard InChI is InChI=1S/C25H27F3N4O2/c1-14-19(5-4-6-22(14)25(26,27)28)15(2)29-23-21-13-18(7-8-20(21)16(3)30-31-23)17-9-11-32(12-10-17)24(33)34/h4-8,13,15,17H,9-12H2,1-3H3,(H,29,31)(H,33,34)/t15-/m1/s1. The second-order valence-corrected chi connectivity index (χ2v) is 8.87. The molecule has 1 fully saturated rings. The predicted molar refractivity (Wildman–Crippen MR) is 124 cm³/mol. The van der Waals surface area contributed by atoms with E-state index >= 15 is 0 Å². The lowest BCUT2D eigenvalue weighted by Crippen LogP contribution is -2.36. The first-order valence-corrected chi connectivity index (χ1v) is 11.2. The summed E-state index contributed by atoms with van der Waals surface area (Å²) in [6.07, 6.45) is -3.84. The van der Waals surface area contributed by atoms with Crippen molar-refractivity contribution < 1.29 is 23.1 Å². The SMILES string of the molecule is Cc1c([C@@H](C)Nc2nnc(C)c3ccc(C4CCN(C(=O)O)CC4)cc23)cccc1C(F)(F)F. The van der Waals surface area contributed by atoms with Gasteiger partial charge < -0.3 is 15.3 Å². The summed E-state index contributed by atoms with van der Waals surface area (Å²) in [5.74, 6) is 0.735.